The molecule has 5 heterocycles. The van der Waals surface area contributed by atoms with Gasteiger partial charge < -0.3 is 14.6 Å². The number of carbonyl (C=O) groups is 1. The molecule has 154 valence electrons. The molecule has 3 aliphatic rings. The Labute approximate surface area is 170 Å². The number of hydrogen-bond acceptors (Lipinski definition) is 7. The molecule has 29 heavy (non-hydrogen) atoms. The summed E-state index contributed by atoms with van der Waals surface area (Å²) in [6, 6.07) is 2.00. The second-order valence-electron chi connectivity index (χ2n) is 8.63. The molecule has 0 saturated carbocycles. The Morgan fingerprint density at radius 2 is 2.31 bits per heavy atom. The van der Waals surface area contributed by atoms with Crippen molar-refractivity contribution < 1.29 is 14.1 Å². The number of ether oxygens (including phenoxy) is 1. The molecule has 2 aromatic rings. The summed E-state index contributed by atoms with van der Waals surface area (Å²) in [5.41, 5.74) is 1.78. The molecule has 8 nitrogen and oxygen atoms in total. The minimum atomic E-state index is -0.0432. The highest BCUT2D eigenvalue weighted by Crippen LogP contribution is 2.54. The number of aromatic nitrogens is 3. The quantitative estimate of drug-likeness (QED) is 0.757. The van der Waals surface area contributed by atoms with Gasteiger partial charge in [0.05, 0.1) is 23.1 Å². The molecule has 0 unspecified atom stereocenters. The lowest BCUT2D eigenvalue weighted by Gasteiger charge is -2.29. The Hall–Kier alpha value is -2.32. The highest BCUT2D eigenvalue weighted by atomic mass is 16.5. The van der Waals surface area contributed by atoms with E-state index in [1.165, 1.54) is 0 Å². The maximum atomic E-state index is 12.3. The third-order valence-electron chi connectivity index (χ3n) is 6.68. The number of carbonyl (C=O) groups excluding carboxylic acids is 1. The molecule has 0 aromatic carbocycles. The second kappa shape index (κ2) is 7.50. The molecular weight excluding hydrogens is 370 g/mol. The molecule has 1 N–H and O–H groups in total. The van der Waals surface area contributed by atoms with Crippen LogP contribution in [0.25, 0.3) is 0 Å². The van der Waals surface area contributed by atoms with E-state index in [0.29, 0.717) is 31.2 Å². The maximum absolute atomic E-state index is 12.3. The SMILES string of the molecule is Cc1cc(CN2C[C@@H]3[C@H](CNC(=O)CCc4cnccn4)[C@H]4CC[C@]3(C2)O4)no1. The van der Waals surface area contributed by atoms with E-state index >= 15 is 0 Å². The fourth-order valence-corrected chi connectivity index (χ4v) is 5.42. The van der Waals surface area contributed by atoms with E-state index in [1.54, 1.807) is 18.6 Å². The van der Waals surface area contributed by atoms with E-state index < -0.39 is 0 Å². The van der Waals surface area contributed by atoms with Crippen LogP contribution in [0.5, 0.6) is 0 Å². The number of amides is 1. The highest BCUT2D eigenvalue weighted by Gasteiger charge is 2.62. The first-order valence-electron chi connectivity index (χ1n) is 10.5. The average molecular weight is 397 g/mol. The molecule has 3 fully saturated rings. The van der Waals surface area contributed by atoms with Crippen LogP contribution in [0.15, 0.2) is 29.2 Å². The molecule has 2 aromatic heterocycles. The van der Waals surface area contributed by atoms with Gasteiger partial charge in [0.1, 0.15) is 5.76 Å². The third kappa shape index (κ3) is 3.67. The molecule has 3 aliphatic heterocycles. The molecule has 1 spiro atoms. The lowest BCUT2D eigenvalue weighted by Crippen LogP contribution is -2.41. The van der Waals surface area contributed by atoms with Crippen LogP contribution >= 0.6 is 0 Å². The van der Waals surface area contributed by atoms with E-state index in [0.717, 1.165) is 49.6 Å². The molecular formula is C21H27N5O3. The summed E-state index contributed by atoms with van der Waals surface area (Å²) in [6.45, 7) is 5.33. The fourth-order valence-electron chi connectivity index (χ4n) is 5.42. The first-order valence-corrected chi connectivity index (χ1v) is 10.5. The molecule has 5 rings (SSSR count). The van der Waals surface area contributed by atoms with Crippen LogP contribution in [0.4, 0.5) is 0 Å². The van der Waals surface area contributed by atoms with Crippen LogP contribution in [0.2, 0.25) is 0 Å². The Kier molecular flexibility index (Phi) is 4.83. The molecule has 2 bridgehead atoms. The Morgan fingerprint density at radius 1 is 1.38 bits per heavy atom. The zero-order chi connectivity index (χ0) is 19.8. The van der Waals surface area contributed by atoms with Gasteiger partial charge in [-0.1, -0.05) is 5.16 Å². The van der Waals surface area contributed by atoms with E-state index in [-0.39, 0.29) is 17.6 Å². The predicted octanol–water partition coefficient (Wildman–Crippen LogP) is 1.50. The molecule has 8 heteroatoms. The topological polar surface area (TPSA) is 93.4 Å². The van der Waals surface area contributed by atoms with E-state index in [2.05, 4.69) is 25.3 Å². The van der Waals surface area contributed by atoms with Crippen molar-refractivity contribution in [2.45, 2.75) is 50.9 Å². The first-order chi connectivity index (χ1) is 14.1. The number of aryl methyl sites for hydroxylation is 2. The molecule has 0 radical (unpaired) electrons. The van der Waals surface area contributed by atoms with Crippen LogP contribution in [-0.2, 0) is 22.5 Å². The van der Waals surface area contributed by atoms with Crippen LogP contribution in [0.3, 0.4) is 0 Å². The summed E-state index contributed by atoms with van der Waals surface area (Å²) >= 11 is 0. The standard InChI is InChI=1S/C21H27N5O3/c1-14-8-16(25-29-14)11-26-12-18-17(19-4-5-21(18,13-26)28-19)10-24-20(27)3-2-15-9-22-6-7-23-15/h6-9,17-19H,2-5,10-13H2,1H3,(H,24,27)/t17-,18+,19+,21+/m0/s1. The molecule has 0 aliphatic carbocycles. The van der Waals surface area contributed by atoms with Crippen LogP contribution < -0.4 is 5.32 Å². The smallest absolute Gasteiger partial charge is 0.220 e. The van der Waals surface area contributed by atoms with Crippen LogP contribution in [0.1, 0.15) is 36.4 Å². The summed E-state index contributed by atoms with van der Waals surface area (Å²) in [7, 11) is 0. The zero-order valence-electron chi connectivity index (χ0n) is 16.7. The average Bonchev–Trinajstić information content (AvgIpc) is 3.46. The van der Waals surface area contributed by atoms with Gasteiger partial charge in [0, 0.05) is 69.1 Å². The van der Waals surface area contributed by atoms with Gasteiger partial charge in [0.25, 0.3) is 0 Å². The van der Waals surface area contributed by atoms with Gasteiger partial charge in [0.15, 0.2) is 0 Å². The van der Waals surface area contributed by atoms with Gasteiger partial charge in [-0.05, 0) is 26.2 Å². The van der Waals surface area contributed by atoms with Gasteiger partial charge in [-0.2, -0.15) is 0 Å². The minimum Gasteiger partial charge on any atom is -0.370 e. The number of rotatable bonds is 7. The monoisotopic (exact) mass is 397 g/mol. The third-order valence-corrected chi connectivity index (χ3v) is 6.68. The van der Waals surface area contributed by atoms with Crippen LogP contribution in [-0.4, -0.2) is 57.3 Å². The normalized spacial score (nSPS) is 30.6. The first kappa shape index (κ1) is 18.7. The van der Waals surface area contributed by atoms with Crippen molar-refractivity contribution in [3.63, 3.8) is 0 Å². The predicted molar refractivity (Wildman–Crippen MR) is 104 cm³/mol. The van der Waals surface area contributed by atoms with Gasteiger partial charge in [-0.3, -0.25) is 19.7 Å². The van der Waals surface area contributed by atoms with Crippen molar-refractivity contribution in [1.29, 1.82) is 0 Å². The summed E-state index contributed by atoms with van der Waals surface area (Å²) in [6.07, 6.45) is 8.55. The van der Waals surface area contributed by atoms with E-state index in [1.807, 2.05) is 13.0 Å². The van der Waals surface area contributed by atoms with E-state index in [9.17, 15) is 4.79 Å². The van der Waals surface area contributed by atoms with Crippen molar-refractivity contribution in [2.24, 2.45) is 11.8 Å². The van der Waals surface area contributed by atoms with Gasteiger partial charge in [-0.15, -0.1) is 0 Å². The number of likely N-dealkylation sites (tertiary alicyclic amines) is 1. The van der Waals surface area contributed by atoms with Gasteiger partial charge >= 0.3 is 0 Å². The lowest BCUT2D eigenvalue weighted by atomic mass is 9.73. The number of nitrogens with zero attached hydrogens (tertiary/aromatic N) is 4. The largest absolute Gasteiger partial charge is 0.370 e. The van der Waals surface area contributed by atoms with Crippen LogP contribution in [0, 0.1) is 18.8 Å². The molecule has 1 amide bonds. The summed E-state index contributed by atoms with van der Waals surface area (Å²) < 4.78 is 11.7. The summed E-state index contributed by atoms with van der Waals surface area (Å²) in [5, 5.41) is 7.28. The van der Waals surface area contributed by atoms with Crippen molar-refractivity contribution in [3.05, 3.63) is 41.8 Å². The van der Waals surface area contributed by atoms with E-state index in [4.69, 9.17) is 9.26 Å². The molecule has 3 saturated heterocycles. The Bertz CT molecular complexity index is 872. The number of hydrogen-bond donors (Lipinski definition) is 1. The molecule has 4 atom stereocenters. The van der Waals surface area contributed by atoms with Gasteiger partial charge in [0.2, 0.25) is 5.91 Å². The fraction of sp³-hybridized carbons (Fsp3) is 0.619. The Morgan fingerprint density at radius 3 is 3.10 bits per heavy atom. The lowest BCUT2D eigenvalue weighted by molar-refractivity contribution is -0.121. The number of fused-ring (bicyclic) bond motifs is 1. The van der Waals surface area contributed by atoms with Gasteiger partial charge in [-0.25, -0.2) is 0 Å². The Balaban J connectivity index is 1.16. The minimum absolute atomic E-state index is 0.0432. The van der Waals surface area contributed by atoms with Crippen molar-refractivity contribution >= 4 is 5.91 Å². The second-order valence-corrected chi connectivity index (χ2v) is 8.63. The van der Waals surface area contributed by atoms with Crippen molar-refractivity contribution in [3.8, 4) is 0 Å². The summed E-state index contributed by atoms with van der Waals surface area (Å²) in [5.74, 6) is 1.76. The van der Waals surface area contributed by atoms with Crippen molar-refractivity contribution in [2.75, 3.05) is 19.6 Å². The maximum Gasteiger partial charge on any atom is 0.220 e. The number of nitrogens with one attached hydrogen (secondary N) is 1. The summed E-state index contributed by atoms with van der Waals surface area (Å²) in [4.78, 5) is 23.0. The van der Waals surface area contributed by atoms with Crippen molar-refractivity contribution in [1.82, 2.24) is 25.3 Å². The highest BCUT2D eigenvalue weighted by molar-refractivity contribution is 5.76. The zero-order valence-corrected chi connectivity index (χ0v) is 16.7.